The molecule has 0 bridgehead atoms. The van der Waals surface area contributed by atoms with Crippen LogP contribution in [0.2, 0.25) is 5.02 Å². The number of aryl methyl sites for hydroxylation is 2. The molecule has 0 saturated heterocycles. The first-order valence-electron chi connectivity index (χ1n) is 10.7. The maximum Gasteiger partial charge on any atom is 0.261 e. The fraction of sp³-hybridized carbons (Fsp3) is 0.115. The molecule has 34 heavy (non-hydrogen) atoms. The highest BCUT2D eigenvalue weighted by Crippen LogP contribution is 2.34. The van der Waals surface area contributed by atoms with Gasteiger partial charge in [0.15, 0.2) is 5.65 Å². The minimum Gasteiger partial charge on any atom is -0.495 e. The van der Waals surface area contributed by atoms with Gasteiger partial charge in [-0.3, -0.25) is 9.36 Å². The van der Waals surface area contributed by atoms with Crippen molar-refractivity contribution in [1.82, 2.24) is 14.5 Å². The summed E-state index contributed by atoms with van der Waals surface area (Å²) in [7, 11) is 1.55. The van der Waals surface area contributed by atoms with Crippen LogP contribution in [0.4, 0.5) is 11.5 Å². The third-order valence-electron chi connectivity index (χ3n) is 5.88. The van der Waals surface area contributed by atoms with Crippen LogP contribution >= 0.6 is 11.6 Å². The van der Waals surface area contributed by atoms with Gasteiger partial charge < -0.3 is 15.8 Å². The van der Waals surface area contributed by atoms with Crippen LogP contribution in [0.3, 0.4) is 0 Å². The molecule has 2 aromatic heterocycles. The zero-order valence-electron chi connectivity index (χ0n) is 18.9. The monoisotopic (exact) mass is 471 g/mol. The lowest BCUT2D eigenvalue weighted by Gasteiger charge is -2.11. The first-order valence-corrected chi connectivity index (χ1v) is 11.0. The van der Waals surface area contributed by atoms with Crippen molar-refractivity contribution in [2.75, 3.05) is 18.2 Å². The van der Waals surface area contributed by atoms with Gasteiger partial charge in [-0.2, -0.15) is 0 Å². The second-order valence-corrected chi connectivity index (χ2v) is 8.46. The van der Waals surface area contributed by atoms with E-state index in [1.165, 1.54) is 0 Å². The second-order valence-electron chi connectivity index (χ2n) is 8.05. The molecule has 0 aliphatic carbocycles. The van der Waals surface area contributed by atoms with E-state index in [0.717, 1.165) is 11.1 Å². The topological polar surface area (TPSA) is 95.1 Å². The van der Waals surface area contributed by atoms with Gasteiger partial charge in [0.1, 0.15) is 22.6 Å². The Kier molecular flexibility index (Phi) is 5.34. The van der Waals surface area contributed by atoms with Crippen LogP contribution in [-0.4, -0.2) is 27.6 Å². The number of carbonyl (C=O) groups is 1. The Bertz CT molecular complexity index is 1590. The van der Waals surface area contributed by atoms with Crippen LogP contribution in [0.25, 0.3) is 27.9 Å². The number of anilines is 2. The van der Waals surface area contributed by atoms with Crippen molar-refractivity contribution in [1.29, 1.82) is 0 Å². The summed E-state index contributed by atoms with van der Waals surface area (Å²) < 4.78 is 6.96. The highest BCUT2D eigenvalue weighted by Gasteiger charge is 2.25. The number of benzene rings is 3. The first-order chi connectivity index (χ1) is 16.4. The summed E-state index contributed by atoms with van der Waals surface area (Å²) in [6, 6.07) is 18.5. The lowest BCUT2D eigenvalue weighted by Crippen LogP contribution is -2.14. The van der Waals surface area contributed by atoms with E-state index < -0.39 is 0 Å². The predicted molar refractivity (Wildman–Crippen MR) is 136 cm³/mol. The van der Waals surface area contributed by atoms with E-state index in [2.05, 4.69) is 5.32 Å². The van der Waals surface area contributed by atoms with Crippen LogP contribution in [0.1, 0.15) is 21.5 Å². The van der Waals surface area contributed by atoms with Gasteiger partial charge in [0, 0.05) is 5.69 Å². The zero-order valence-corrected chi connectivity index (χ0v) is 19.6. The summed E-state index contributed by atoms with van der Waals surface area (Å²) in [6.45, 7) is 4.02. The molecule has 3 aromatic carbocycles. The third kappa shape index (κ3) is 3.60. The number of rotatable bonds is 4. The van der Waals surface area contributed by atoms with E-state index in [-0.39, 0.29) is 17.3 Å². The maximum atomic E-state index is 13.5. The van der Waals surface area contributed by atoms with E-state index in [1.807, 2.05) is 62.4 Å². The van der Waals surface area contributed by atoms with Crippen LogP contribution < -0.4 is 15.8 Å². The number of hydrogen-bond donors (Lipinski definition) is 2. The van der Waals surface area contributed by atoms with E-state index in [1.54, 1.807) is 23.8 Å². The molecule has 5 aromatic rings. The number of nitrogens with zero attached hydrogens (tertiary/aromatic N) is 3. The number of nitrogen functional groups attached to an aromatic ring is 1. The van der Waals surface area contributed by atoms with Crippen LogP contribution in [0.5, 0.6) is 5.75 Å². The minimum atomic E-state index is -0.367. The molecule has 170 valence electrons. The number of fused-ring (bicyclic) bond motifs is 2. The highest BCUT2D eigenvalue weighted by molar-refractivity contribution is 6.32. The van der Waals surface area contributed by atoms with Gasteiger partial charge in [-0.05, 0) is 67.4 Å². The van der Waals surface area contributed by atoms with Gasteiger partial charge in [0.05, 0.1) is 28.9 Å². The zero-order chi connectivity index (χ0) is 24.0. The number of ether oxygens (including phenoxy) is 1. The molecule has 8 heteroatoms. The molecule has 2 heterocycles. The van der Waals surface area contributed by atoms with Crippen LogP contribution in [0.15, 0.2) is 60.7 Å². The van der Waals surface area contributed by atoms with Crippen molar-refractivity contribution in [3.8, 4) is 11.4 Å². The second kappa shape index (κ2) is 8.35. The van der Waals surface area contributed by atoms with E-state index in [9.17, 15) is 4.79 Å². The molecule has 1 amide bonds. The minimum absolute atomic E-state index is 0.216. The quantitative estimate of drug-likeness (QED) is 0.351. The first kappa shape index (κ1) is 21.7. The number of para-hydroxylation sites is 2. The molecule has 0 unspecified atom stereocenters. The number of carbonyl (C=O) groups excluding carboxylic acids is 1. The molecule has 0 aliphatic heterocycles. The number of amides is 1. The lowest BCUT2D eigenvalue weighted by atomic mass is 10.1. The Morgan fingerprint density at radius 1 is 1.00 bits per heavy atom. The molecular formula is C26H22ClN5O2. The van der Waals surface area contributed by atoms with Crippen LogP contribution in [0, 0.1) is 13.8 Å². The smallest absolute Gasteiger partial charge is 0.261 e. The fourth-order valence-corrected chi connectivity index (χ4v) is 4.21. The van der Waals surface area contributed by atoms with Crippen molar-refractivity contribution in [2.24, 2.45) is 0 Å². The van der Waals surface area contributed by atoms with Gasteiger partial charge in [0.2, 0.25) is 0 Å². The van der Waals surface area contributed by atoms with Gasteiger partial charge in [-0.1, -0.05) is 29.8 Å². The predicted octanol–water partition coefficient (Wildman–Crippen LogP) is 5.69. The number of methoxy groups -OCH3 is 1. The Hall–Kier alpha value is -4.10. The van der Waals surface area contributed by atoms with Gasteiger partial charge in [-0.15, -0.1) is 0 Å². The Labute approximate surface area is 201 Å². The summed E-state index contributed by atoms with van der Waals surface area (Å²) in [4.78, 5) is 23.0. The lowest BCUT2D eigenvalue weighted by molar-refractivity contribution is 0.102. The Morgan fingerprint density at radius 3 is 2.41 bits per heavy atom. The standard InChI is InChI=1S/C26H22ClN5O2/c1-14-8-9-16(12-15(14)2)29-26(33)22-23-25(31-20-7-5-4-6-19(20)30-23)32(24(22)28)17-10-11-21(34-3)18(27)13-17/h4-13H,28H2,1-3H3,(H,29,33). The largest absolute Gasteiger partial charge is 0.495 e. The van der Waals surface area contributed by atoms with Gasteiger partial charge in [-0.25, -0.2) is 9.97 Å². The number of nitrogens with one attached hydrogen (secondary N) is 1. The number of nitrogens with two attached hydrogens (primary N) is 1. The fourth-order valence-electron chi connectivity index (χ4n) is 3.95. The van der Waals surface area contributed by atoms with Gasteiger partial charge >= 0.3 is 0 Å². The summed E-state index contributed by atoms with van der Waals surface area (Å²) in [5.74, 6) is 0.381. The number of halogens is 1. The van der Waals surface area contributed by atoms with E-state index in [4.69, 9.17) is 32.0 Å². The molecule has 3 N–H and O–H groups in total. The normalized spacial score (nSPS) is 11.2. The molecular weight excluding hydrogens is 450 g/mol. The molecule has 0 aliphatic rings. The summed E-state index contributed by atoms with van der Waals surface area (Å²) in [5.41, 5.74) is 12.6. The third-order valence-corrected chi connectivity index (χ3v) is 6.18. The molecule has 0 spiro atoms. The van der Waals surface area contributed by atoms with Crippen molar-refractivity contribution in [3.63, 3.8) is 0 Å². The molecule has 0 saturated carbocycles. The van der Waals surface area contributed by atoms with Gasteiger partial charge in [0.25, 0.3) is 5.91 Å². The average molecular weight is 472 g/mol. The molecule has 0 atom stereocenters. The summed E-state index contributed by atoms with van der Waals surface area (Å²) >= 11 is 6.39. The summed E-state index contributed by atoms with van der Waals surface area (Å²) in [5, 5.41) is 3.37. The maximum absolute atomic E-state index is 13.5. The Balaban J connectivity index is 1.73. The molecule has 0 fully saturated rings. The molecule has 5 rings (SSSR count). The van der Waals surface area contributed by atoms with Crippen molar-refractivity contribution in [3.05, 3.63) is 82.4 Å². The van der Waals surface area contributed by atoms with Crippen molar-refractivity contribution in [2.45, 2.75) is 13.8 Å². The number of hydrogen-bond acceptors (Lipinski definition) is 5. The molecule has 7 nitrogen and oxygen atoms in total. The van der Waals surface area contributed by atoms with E-state index >= 15 is 0 Å². The summed E-state index contributed by atoms with van der Waals surface area (Å²) in [6.07, 6.45) is 0. The highest BCUT2D eigenvalue weighted by atomic mass is 35.5. The average Bonchev–Trinajstić information content (AvgIpc) is 3.10. The SMILES string of the molecule is COc1ccc(-n2c(N)c(C(=O)Nc3ccc(C)c(C)c3)c3nc4ccccc4nc32)cc1Cl. The van der Waals surface area contributed by atoms with Crippen molar-refractivity contribution < 1.29 is 9.53 Å². The van der Waals surface area contributed by atoms with Crippen LogP contribution in [-0.2, 0) is 0 Å². The van der Waals surface area contributed by atoms with E-state index in [0.29, 0.717) is 44.3 Å². The number of aromatic nitrogens is 3. The molecule has 0 radical (unpaired) electrons. The van der Waals surface area contributed by atoms with Crippen molar-refractivity contribution >= 4 is 51.2 Å². The Morgan fingerprint density at radius 2 is 1.74 bits per heavy atom.